The van der Waals surface area contributed by atoms with Crippen molar-refractivity contribution < 1.29 is 18.0 Å². The van der Waals surface area contributed by atoms with Crippen LogP contribution in [0.3, 0.4) is 0 Å². The maximum Gasteiger partial charge on any atom is 0.432 e. The third-order valence-corrected chi connectivity index (χ3v) is 6.52. The van der Waals surface area contributed by atoms with Gasteiger partial charge in [0.25, 0.3) is 0 Å². The SMILES string of the molecule is C[Si](C)(C)C[C@@H]1C[C@H](Cc2ccccc2I)C(C(F)(F)F)=NO1. The van der Waals surface area contributed by atoms with E-state index in [2.05, 4.69) is 47.4 Å². The van der Waals surface area contributed by atoms with Gasteiger partial charge in [-0.3, -0.25) is 0 Å². The van der Waals surface area contributed by atoms with Crippen LogP contribution >= 0.6 is 22.6 Å². The van der Waals surface area contributed by atoms with E-state index in [-0.39, 0.29) is 6.10 Å². The molecule has 1 aliphatic rings. The first-order valence-electron chi connectivity index (χ1n) is 7.60. The maximum atomic E-state index is 13.3. The quantitative estimate of drug-likeness (QED) is 0.435. The van der Waals surface area contributed by atoms with Crippen molar-refractivity contribution in [1.29, 1.82) is 0 Å². The van der Waals surface area contributed by atoms with Crippen LogP contribution in [0.2, 0.25) is 25.7 Å². The summed E-state index contributed by atoms with van der Waals surface area (Å²) >= 11 is 2.17. The summed E-state index contributed by atoms with van der Waals surface area (Å²) < 4.78 is 40.8. The summed E-state index contributed by atoms with van der Waals surface area (Å²) in [6.07, 6.45) is -3.91. The van der Waals surface area contributed by atoms with Crippen LogP contribution in [0.15, 0.2) is 29.4 Å². The monoisotopic (exact) mass is 455 g/mol. The predicted octanol–water partition coefficient (Wildman–Crippen LogP) is 5.50. The van der Waals surface area contributed by atoms with Crippen LogP contribution < -0.4 is 0 Å². The number of benzene rings is 1. The van der Waals surface area contributed by atoms with E-state index in [1.807, 2.05) is 24.3 Å². The Bertz CT molecular complexity index is 583. The standard InChI is InChI=1S/C16H21F3INOSi/c1-23(2,3)10-13-9-12(15(21-22-13)16(17,18)19)8-11-6-4-5-7-14(11)20/h4-7,12-13H,8-10H2,1-3H3/t12-,13-/m0/s1. The van der Waals surface area contributed by atoms with Crippen LogP contribution in [0.1, 0.15) is 12.0 Å². The molecule has 1 heterocycles. The molecule has 2 rings (SSSR count). The lowest BCUT2D eigenvalue weighted by Gasteiger charge is -2.32. The topological polar surface area (TPSA) is 21.6 Å². The number of nitrogens with zero attached hydrogens (tertiary/aromatic N) is 1. The smallest absolute Gasteiger partial charge is 0.393 e. The van der Waals surface area contributed by atoms with Gasteiger partial charge in [-0.05, 0) is 53.1 Å². The van der Waals surface area contributed by atoms with Gasteiger partial charge in [-0.1, -0.05) is 43.0 Å². The molecular formula is C16H21F3INOSi. The first-order valence-corrected chi connectivity index (χ1v) is 12.4. The van der Waals surface area contributed by atoms with Crippen molar-refractivity contribution in [3.05, 3.63) is 33.4 Å². The van der Waals surface area contributed by atoms with Crippen LogP contribution in [0, 0.1) is 9.49 Å². The van der Waals surface area contributed by atoms with Gasteiger partial charge in [0.15, 0.2) is 5.71 Å². The Morgan fingerprint density at radius 3 is 2.48 bits per heavy atom. The normalized spacial score (nSPS) is 22.5. The largest absolute Gasteiger partial charge is 0.432 e. The average Bonchev–Trinajstić information content (AvgIpc) is 2.38. The molecule has 0 saturated carbocycles. The number of hydrogen-bond donors (Lipinski definition) is 0. The molecule has 1 aromatic carbocycles. The number of oxime groups is 1. The van der Waals surface area contributed by atoms with E-state index in [1.54, 1.807) is 0 Å². The summed E-state index contributed by atoms with van der Waals surface area (Å²) in [4.78, 5) is 5.19. The lowest BCUT2D eigenvalue weighted by Crippen LogP contribution is -2.40. The number of rotatable bonds is 4. The van der Waals surface area contributed by atoms with Gasteiger partial charge in [0.2, 0.25) is 0 Å². The second-order valence-corrected chi connectivity index (χ2v) is 13.9. The highest BCUT2D eigenvalue weighted by atomic mass is 127. The minimum Gasteiger partial charge on any atom is -0.393 e. The van der Waals surface area contributed by atoms with Gasteiger partial charge in [-0.25, -0.2) is 0 Å². The molecule has 0 amide bonds. The molecule has 2 nitrogen and oxygen atoms in total. The van der Waals surface area contributed by atoms with Crippen molar-refractivity contribution >= 4 is 36.4 Å². The Morgan fingerprint density at radius 2 is 1.91 bits per heavy atom. The minimum atomic E-state index is -4.44. The molecule has 1 aromatic rings. The van der Waals surface area contributed by atoms with Crippen molar-refractivity contribution in [1.82, 2.24) is 0 Å². The molecule has 0 aliphatic carbocycles. The summed E-state index contributed by atoms with van der Waals surface area (Å²) in [5.74, 6) is -0.638. The fraction of sp³-hybridized carbons (Fsp3) is 0.562. The van der Waals surface area contributed by atoms with Crippen LogP contribution in [-0.2, 0) is 11.3 Å². The van der Waals surface area contributed by atoms with Crippen LogP contribution in [0.4, 0.5) is 13.2 Å². The molecule has 0 aromatic heterocycles. The molecule has 23 heavy (non-hydrogen) atoms. The summed E-state index contributed by atoms with van der Waals surface area (Å²) in [7, 11) is -1.42. The summed E-state index contributed by atoms with van der Waals surface area (Å²) in [6, 6.07) is 8.38. The number of halogens is 4. The Morgan fingerprint density at radius 1 is 1.26 bits per heavy atom. The summed E-state index contributed by atoms with van der Waals surface area (Å²) in [6.45, 7) is 6.57. The Balaban J connectivity index is 2.23. The van der Waals surface area contributed by atoms with E-state index < -0.39 is 25.9 Å². The Hall–Kier alpha value is -0.573. The van der Waals surface area contributed by atoms with Crippen molar-refractivity contribution in [2.75, 3.05) is 0 Å². The molecule has 128 valence electrons. The highest BCUT2D eigenvalue weighted by Crippen LogP contribution is 2.34. The fourth-order valence-electron chi connectivity index (χ4n) is 2.87. The van der Waals surface area contributed by atoms with Crippen LogP contribution in [-0.4, -0.2) is 26.1 Å². The highest BCUT2D eigenvalue weighted by molar-refractivity contribution is 14.1. The van der Waals surface area contributed by atoms with Crippen LogP contribution in [0.5, 0.6) is 0 Å². The molecule has 1 aliphatic heterocycles. The molecule has 0 saturated heterocycles. The molecule has 7 heteroatoms. The highest BCUT2D eigenvalue weighted by Gasteiger charge is 2.45. The summed E-state index contributed by atoms with van der Waals surface area (Å²) in [5, 5.41) is 3.49. The van der Waals surface area contributed by atoms with Crippen LogP contribution in [0.25, 0.3) is 0 Å². The van der Waals surface area contributed by atoms with E-state index in [1.165, 1.54) is 0 Å². The van der Waals surface area contributed by atoms with E-state index in [0.29, 0.717) is 12.8 Å². The Kier molecular flexibility index (Phi) is 5.81. The fourth-order valence-corrected chi connectivity index (χ4v) is 5.09. The molecule has 0 unspecified atom stereocenters. The molecule has 0 N–H and O–H groups in total. The van der Waals surface area contributed by atoms with Gasteiger partial charge in [0, 0.05) is 17.6 Å². The van der Waals surface area contributed by atoms with E-state index in [9.17, 15) is 13.2 Å². The van der Waals surface area contributed by atoms with Gasteiger partial charge in [0.1, 0.15) is 6.10 Å². The van der Waals surface area contributed by atoms with Crippen molar-refractivity contribution in [2.45, 2.75) is 50.8 Å². The average molecular weight is 455 g/mol. The number of alkyl halides is 3. The molecule has 0 radical (unpaired) electrons. The zero-order chi connectivity index (χ0) is 17.3. The molecular weight excluding hydrogens is 434 g/mol. The van der Waals surface area contributed by atoms with Gasteiger partial charge in [-0.2, -0.15) is 13.2 Å². The van der Waals surface area contributed by atoms with Crippen molar-refractivity contribution in [3.8, 4) is 0 Å². The lowest BCUT2D eigenvalue weighted by molar-refractivity contribution is -0.0754. The lowest BCUT2D eigenvalue weighted by atomic mass is 9.88. The van der Waals surface area contributed by atoms with Crippen molar-refractivity contribution in [2.24, 2.45) is 11.1 Å². The molecule has 0 fully saturated rings. The molecule has 2 atom stereocenters. The third-order valence-electron chi connectivity index (χ3n) is 3.79. The number of hydrogen-bond acceptors (Lipinski definition) is 2. The van der Waals surface area contributed by atoms with Gasteiger partial charge in [0.05, 0.1) is 0 Å². The second kappa shape index (κ2) is 7.12. The minimum absolute atomic E-state index is 0.209. The van der Waals surface area contributed by atoms with Crippen molar-refractivity contribution in [3.63, 3.8) is 0 Å². The van der Waals surface area contributed by atoms with Gasteiger partial charge in [-0.15, -0.1) is 0 Å². The maximum absolute atomic E-state index is 13.3. The second-order valence-electron chi connectivity index (χ2n) is 7.19. The van der Waals surface area contributed by atoms with E-state index >= 15 is 0 Å². The zero-order valence-electron chi connectivity index (χ0n) is 13.5. The first-order chi connectivity index (χ1) is 10.6. The molecule has 0 bridgehead atoms. The summed E-state index contributed by atoms with van der Waals surface area (Å²) in [5.41, 5.74) is 0.160. The molecule has 0 spiro atoms. The predicted molar refractivity (Wildman–Crippen MR) is 97.5 cm³/mol. The van der Waals surface area contributed by atoms with E-state index in [4.69, 9.17) is 4.84 Å². The third kappa shape index (κ3) is 5.48. The Labute approximate surface area is 149 Å². The zero-order valence-corrected chi connectivity index (χ0v) is 16.6. The van der Waals surface area contributed by atoms with Gasteiger partial charge < -0.3 is 4.84 Å². The van der Waals surface area contributed by atoms with Gasteiger partial charge >= 0.3 is 6.18 Å². The van der Waals surface area contributed by atoms with E-state index in [0.717, 1.165) is 15.2 Å². The first kappa shape index (κ1) is 18.8.